The van der Waals surface area contributed by atoms with Crippen LogP contribution in [0.5, 0.6) is 0 Å². The number of hydrogen-bond acceptors (Lipinski definition) is 3. The zero-order valence-corrected chi connectivity index (χ0v) is 11.8. The van der Waals surface area contributed by atoms with E-state index in [0.29, 0.717) is 11.0 Å². The van der Waals surface area contributed by atoms with Crippen molar-refractivity contribution in [3.63, 3.8) is 0 Å². The average molecular weight is 283 g/mol. The highest BCUT2D eigenvalue weighted by molar-refractivity contribution is 7.89. The Morgan fingerprint density at radius 3 is 2.37 bits per heavy atom. The summed E-state index contributed by atoms with van der Waals surface area (Å²) < 4.78 is 27.0. The van der Waals surface area contributed by atoms with Gasteiger partial charge in [-0.05, 0) is 31.0 Å². The van der Waals surface area contributed by atoms with E-state index in [4.69, 9.17) is 0 Å². The Balaban J connectivity index is 2.40. The predicted molar refractivity (Wildman–Crippen MR) is 73.5 cm³/mol. The quantitative estimate of drug-likeness (QED) is 0.786. The molecule has 0 fully saturated rings. The number of aromatic nitrogens is 2. The summed E-state index contributed by atoms with van der Waals surface area (Å²) in [4.78, 5) is 16.4. The van der Waals surface area contributed by atoms with Crippen LogP contribution < -0.4 is 10.4 Å². The van der Waals surface area contributed by atoms with Crippen LogP contribution in [0.15, 0.2) is 27.9 Å². The lowest BCUT2D eigenvalue weighted by atomic mass is 10.1. The summed E-state index contributed by atoms with van der Waals surface area (Å²) in [7, 11) is -3.57. The largest absolute Gasteiger partial charge is 0.323 e. The number of hydrogen-bond donors (Lipinski definition) is 3. The first kappa shape index (κ1) is 13.8. The van der Waals surface area contributed by atoms with Crippen LogP contribution in [-0.4, -0.2) is 24.4 Å². The van der Waals surface area contributed by atoms with Crippen LogP contribution in [0.3, 0.4) is 0 Å². The monoisotopic (exact) mass is 283 g/mol. The summed E-state index contributed by atoms with van der Waals surface area (Å²) >= 11 is 0. The highest BCUT2D eigenvalue weighted by Crippen LogP contribution is 2.16. The Morgan fingerprint density at radius 2 is 1.74 bits per heavy atom. The van der Waals surface area contributed by atoms with Gasteiger partial charge in [-0.3, -0.25) is 0 Å². The Bertz CT molecular complexity index is 743. The van der Waals surface area contributed by atoms with Gasteiger partial charge in [0, 0.05) is 6.04 Å². The third-order valence-corrected chi connectivity index (χ3v) is 4.70. The third-order valence-electron chi connectivity index (χ3n) is 3.14. The minimum absolute atomic E-state index is 0.141. The lowest BCUT2D eigenvalue weighted by Crippen LogP contribution is -2.36. The zero-order valence-electron chi connectivity index (χ0n) is 11.0. The molecule has 1 aromatic heterocycles. The molecule has 0 amide bonds. The van der Waals surface area contributed by atoms with Gasteiger partial charge in [0.1, 0.15) is 0 Å². The summed E-state index contributed by atoms with van der Waals surface area (Å²) in [6, 6.07) is 4.33. The van der Waals surface area contributed by atoms with Gasteiger partial charge in [0.25, 0.3) is 0 Å². The molecule has 0 bridgehead atoms. The highest BCUT2D eigenvalue weighted by atomic mass is 32.2. The Kier molecular flexibility index (Phi) is 3.51. The first-order chi connectivity index (χ1) is 8.79. The van der Waals surface area contributed by atoms with Crippen LogP contribution in [0.4, 0.5) is 0 Å². The van der Waals surface area contributed by atoms with Gasteiger partial charge in [0.2, 0.25) is 10.0 Å². The van der Waals surface area contributed by atoms with Gasteiger partial charge in [-0.2, -0.15) is 0 Å². The van der Waals surface area contributed by atoms with E-state index in [1.165, 1.54) is 12.1 Å². The fraction of sp³-hybridized carbons (Fsp3) is 0.417. The van der Waals surface area contributed by atoms with Crippen LogP contribution in [0.1, 0.15) is 20.8 Å². The van der Waals surface area contributed by atoms with Gasteiger partial charge in [-0.15, -0.1) is 0 Å². The summed E-state index contributed by atoms with van der Waals surface area (Å²) in [5, 5.41) is 0. The third kappa shape index (κ3) is 2.87. The summed E-state index contributed by atoms with van der Waals surface area (Å²) in [5.74, 6) is 0.200. The van der Waals surface area contributed by atoms with Crippen molar-refractivity contribution in [1.82, 2.24) is 14.7 Å². The lowest BCUT2D eigenvalue weighted by Gasteiger charge is -2.17. The molecule has 3 N–H and O–H groups in total. The molecule has 2 aromatic rings. The topological polar surface area (TPSA) is 94.8 Å². The molecule has 1 heterocycles. The van der Waals surface area contributed by atoms with Crippen molar-refractivity contribution in [2.24, 2.45) is 5.92 Å². The van der Waals surface area contributed by atoms with E-state index in [1.807, 2.05) is 20.8 Å². The molecule has 0 aliphatic carbocycles. The number of sulfonamides is 1. The molecule has 6 nitrogen and oxygen atoms in total. The van der Waals surface area contributed by atoms with Gasteiger partial charge in [0.15, 0.2) is 0 Å². The maximum Gasteiger partial charge on any atom is 0.323 e. The van der Waals surface area contributed by atoms with Crippen molar-refractivity contribution in [3.8, 4) is 0 Å². The molecule has 1 aromatic carbocycles. The normalized spacial score (nSPS) is 14.1. The number of rotatable bonds is 4. The summed E-state index contributed by atoms with van der Waals surface area (Å²) in [6.45, 7) is 5.71. The van der Waals surface area contributed by atoms with E-state index in [1.54, 1.807) is 6.07 Å². The number of fused-ring (bicyclic) bond motifs is 1. The minimum Gasteiger partial charge on any atom is -0.306 e. The van der Waals surface area contributed by atoms with Gasteiger partial charge < -0.3 is 9.97 Å². The zero-order chi connectivity index (χ0) is 14.2. The van der Waals surface area contributed by atoms with Crippen molar-refractivity contribution in [2.75, 3.05) is 0 Å². The number of aromatic amines is 2. The van der Waals surface area contributed by atoms with Crippen molar-refractivity contribution >= 4 is 21.1 Å². The molecule has 0 saturated heterocycles. The SMILES string of the molecule is CC(C)[C@@H](C)NS(=O)(=O)c1ccc2[nH]c(=O)[nH]c2c1. The van der Waals surface area contributed by atoms with Crippen molar-refractivity contribution in [1.29, 1.82) is 0 Å². The molecule has 104 valence electrons. The van der Waals surface area contributed by atoms with Crippen LogP contribution in [0.25, 0.3) is 11.0 Å². The Labute approximate surface area is 111 Å². The maximum absolute atomic E-state index is 12.2. The number of nitrogens with one attached hydrogen (secondary N) is 3. The minimum atomic E-state index is -3.57. The van der Waals surface area contributed by atoms with Crippen LogP contribution in [0, 0.1) is 5.92 Å². The lowest BCUT2D eigenvalue weighted by molar-refractivity contribution is 0.476. The molecular formula is C12H17N3O3S. The molecule has 19 heavy (non-hydrogen) atoms. The molecular weight excluding hydrogens is 266 g/mol. The standard InChI is InChI=1S/C12H17N3O3S/c1-7(2)8(3)15-19(17,18)9-4-5-10-11(6-9)14-12(16)13-10/h4-8,15H,1-3H3,(H2,13,14,16)/t8-/m1/s1. The second-order valence-corrected chi connectivity index (χ2v) is 6.65. The van der Waals surface area contributed by atoms with Crippen molar-refractivity contribution < 1.29 is 8.42 Å². The van der Waals surface area contributed by atoms with Crippen LogP contribution in [0.2, 0.25) is 0 Å². The second-order valence-electron chi connectivity index (χ2n) is 4.94. The summed E-state index contributed by atoms with van der Waals surface area (Å²) in [6.07, 6.45) is 0. The van der Waals surface area contributed by atoms with Gasteiger partial charge >= 0.3 is 5.69 Å². The second kappa shape index (κ2) is 4.82. The fourth-order valence-corrected chi connectivity index (χ4v) is 3.05. The predicted octanol–water partition coefficient (Wildman–Crippen LogP) is 1.18. The molecule has 0 unspecified atom stereocenters. The van der Waals surface area contributed by atoms with E-state index in [9.17, 15) is 13.2 Å². The molecule has 0 saturated carbocycles. The molecule has 2 rings (SSSR count). The van der Waals surface area contributed by atoms with Crippen LogP contribution >= 0.6 is 0 Å². The molecule has 7 heteroatoms. The Hall–Kier alpha value is -1.60. The molecule has 0 aliphatic rings. The summed E-state index contributed by atoms with van der Waals surface area (Å²) in [5.41, 5.74) is 0.707. The maximum atomic E-state index is 12.2. The van der Waals surface area contributed by atoms with Gasteiger partial charge in [-0.1, -0.05) is 13.8 Å². The Morgan fingerprint density at radius 1 is 1.11 bits per heavy atom. The molecule has 0 radical (unpaired) electrons. The highest BCUT2D eigenvalue weighted by Gasteiger charge is 2.19. The van der Waals surface area contributed by atoms with E-state index in [0.717, 1.165) is 0 Å². The molecule has 0 aliphatic heterocycles. The number of imidazole rings is 1. The van der Waals surface area contributed by atoms with Crippen molar-refractivity contribution in [2.45, 2.75) is 31.7 Å². The van der Waals surface area contributed by atoms with E-state index in [2.05, 4.69) is 14.7 Å². The molecule has 0 spiro atoms. The fourth-order valence-electron chi connectivity index (χ4n) is 1.63. The molecule has 1 atom stereocenters. The van der Waals surface area contributed by atoms with Gasteiger partial charge in [-0.25, -0.2) is 17.9 Å². The van der Waals surface area contributed by atoms with E-state index < -0.39 is 10.0 Å². The van der Waals surface area contributed by atoms with Crippen LogP contribution in [-0.2, 0) is 10.0 Å². The smallest absolute Gasteiger partial charge is 0.306 e. The van der Waals surface area contributed by atoms with Crippen molar-refractivity contribution in [3.05, 3.63) is 28.7 Å². The number of H-pyrrole nitrogens is 2. The van der Waals surface area contributed by atoms with E-state index >= 15 is 0 Å². The average Bonchev–Trinajstić information content (AvgIpc) is 2.67. The van der Waals surface area contributed by atoms with Gasteiger partial charge in [0.05, 0.1) is 15.9 Å². The van der Waals surface area contributed by atoms with E-state index in [-0.39, 0.29) is 22.5 Å². The first-order valence-corrected chi connectivity index (χ1v) is 7.52. The first-order valence-electron chi connectivity index (χ1n) is 6.04. The number of benzene rings is 1.